The van der Waals surface area contributed by atoms with Gasteiger partial charge < -0.3 is 8.98 Å². The quantitative estimate of drug-likeness (QED) is 0.174. The highest BCUT2D eigenvalue weighted by atomic mass is 32.1. The van der Waals surface area contributed by atoms with Gasteiger partial charge in [-0.15, -0.1) is 11.3 Å². The first-order valence-corrected chi connectivity index (χ1v) is 21.2. The van der Waals surface area contributed by atoms with Crippen molar-refractivity contribution in [3.8, 4) is 51.0 Å². The Balaban J connectivity index is 1.10. The fourth-order valence-corrected chi connectivity index (χ4v) is 10.4. The van der Waals surface area contributed by atoms with Crippen LogP contribution in [0.25, 0.3) is 126 Å². The lowest BCUT2D eigenvalue weighted by Gasteiger charge is -2.16. The Morgan fingerprint density at radius 2 is 1.07 bits per heavy atom. The van der Waals surface area contributed by atoms with Gasteiger partial charge in [0.2, 0.25) is 0 Å². The van der Waals surface area contributed by atoms with Crippen LogP contribution in [0.3, 0.4) is 0 Å². The first kappa shape index (κ1) is 34.0. The number of thiophene rings is 1. The molecule has 0 N–H and O–H groups in total. The van der Waals surface area contributed by atoms with Crippen molar-refractivity contribution in [1.82, 2.24) is 19.5 Å². The van der Waals surface area contributed by atoms with Crippen molar-refractivity contribution in [2.45, 2.75) is 0 Å². The summed E-state index contributed by atoms with van der Waals surface area (Å²) < 4.78 is 11.1. The number of para-hydroxylation sites is 2. The van der Waals surface area contributed by atoms with Gasteiger partial charge in [-0.1, -0.05) is 121 Å². The van der Waals surface area contributed by atoms with E-state index in [2.05, 4.69) is 150 Å². The van der Waals surface area contributed by atoms with E-state index in [4.69, 9.17) is 19.4 Å². The van der Waals surface area contributed by atoms with Crippen LogP contribution in [-0.4, -0.2) is 19.5 Å². The minimum atomic E-state index is 0.597. The molecule has 0 fully saturated rings. The van der Waals surface area contributed by atoms with E-state index >= 15 is 0 Å². The fourth-order valence-electron chi connectivity index (χ4n) is 9.23. The molecule has 4 heterocycles. The highest BCUT2D eigenvalue weighted by molar-refractivity contribution is 7.25. The summed E-state index contributed by atoms with van der Waals surface area (Å²) >= 11 is 1.83. The molecule has 6 heteroatoms. The van der Waals surface area contributed by atoms with Gasteiger partial charge in [-0.3, -0.25) is 0 Å². The summed E-state index contributed by atoms with van der Waals surface area (Å²) in [5.41, 5.74) is 9.97. The molecule has 0 saturated heterocycles. The zero-order chi connectivity index (χ0) is 40.0. The van der Waals surface area contributed by atoms with E-state index in [-0.39, 0.29) is 0 Å². The largest absolute Gasteiger partial charge is 0.456 e. The number of rotatable bonds is 5. The zero-order valence-corrected chi connectivity index (χ0v) is 33.4. The van der Waals surface area contributed by atoms with E-state index in [1.54, 1.807) is 0 Å². The highest BCUT2D eigenvalue weighted by Crippen LogP contribution is 2.45. The molecular formula is C55H32N4OS. The van der Waals surface area contributed by atoms with Gasteiger partial charge in [0.1, 0.15) is 11.2 Å². The van der Waals surface area contributed by atoms with Crippen LogP contribution in [0.15, 0.2) is 199 Å². The lowest BCUT2D eigenvalue weighted by atomic mass is 9.94. The standard InChI is InChI=1S/C55H32N4OS/c1-2-13-33(14-3-1)53-56-54(36-25-28-49-45(30-36)39-18-7-10-22-48(39)60-49)58-55(57-53)41-27-26-37(32-43(41)40-20-12-24-51-52(40)42-19-8-11-23-50(42)61-51)59-46-21-9-6-17-38(46)44-29-34-15-4-5-16-35(34)31-47(44)59/h1-32H. The molecule has 9 aromatic carbocycles. The molecule has 0 spiro atoms. The topological polar surface area (TPSA) is 56.7 Å². The smallest absolute Gasteiger partial charge is 0.164 e. The van der Waals surface area contributed by atoms with Crippen molar-refractivity contribution in [2.24, 2.45) is 0 Å². The number of hydrogen-bond donors (Lipinski definition) is 0. The summed E-state index contributed by atoms with van der Waals surface area (Å²) in [7, 11) is 0. The molecule has 61 heavy (non-hydrogen) atoms. The SMILES string of the molecule is c1ccc(-c2nc(-c3ccc4oc5ccccc5c4c3)nc(-c3ccc(-n4c5ccccc5c5cc6ccccc6cc54)cc3-c3cccc4sc5ccccc5c34)n2)cc1. The Bertz CT molecular complexity index is 3900. The van der Waals surface area contributed by atoms with Gasteiger partial charge >= 0.3 is 0 Å². The average molecular weight is 797 g/mol. The second-order valence-electron chi connectivity index (χ2n) is 15.6. The number of benzene rings is 9. The first-order chi connectivity index (χ1) is 30.2. The van der Waals surface area contributed by atoms with Crippen LogP contribution >= 0.6 is 11.3 Å². The second-order valence-corrected chi connectivity index (χ2v) is 16.6. The molecule has 0 saturated carbocycles. The lowest BCUT2D eigenvalue weighted by Crippen LogP contribution is -2.02. The molecule has 4 aromatic heterocycles. The van der Waals surface area contributed by atoms with Crippen LogP contribution in [0.5, 0.6) is 0 Å². The summed E-state index contributed by atoms with van der Waals surface area (Å²) in [6, 6.07) is 68.7. The molecule has 284 valence electrons. The molecule has 13 aromatic rings. The number of fused-ring (bicyclic) bond motifs is 10. The van der Waals surface area contributed by atoms with Crippen molar-refractivity contribution in [1.29, 1.82) is 0 Å². The zero-order valence-electron chi connectivity index (χ0n) is 32.6. The third kappa shape index (κ3) is 5.36. The molecule has 13 rings (SSSR count). The Hall–Kier alpha value is -7.93. The van der Waals surface area contributed by atoms with Crippen LogP contribution in [0.1, 0.15) is 0 Å². The monoisotopic (exact) mass is 796 g/mol. The third-order valence-corrected chi connectivity index (χ3v) is 13.2. The third-order valence-electron chi connectivity index (χ3n) is 12.0. The number of hydrogen-bond acceptors (Lipinski definition) is 5. The average Bonchev–Trinajstić information content (AvgIpc) is 4.00. The first-order valence-electron chi connectivity index (χ1n) is 20.4. The minimum absolute atomic E-state index is 0.597. The van der Waals surface area contributed by atoms with Gasteiger partial charge in [0.05, 0.1) is 11.0 Å². The van der Waals surface area contributed by atoms with E-state index in [0.717, 1.165) is 66.5 Å². The van der Waals surface area contributed by atoms with E-state index in [1.807, 2.05) is 59.9 Å². The Labute approximate surface area is 353 Å². The summed E-state index contributed by atoms with van der Waals surface area (Å²) in [4.78, 5) is 15.8. The van der Waals surface area contributed by atoms with E-state index in [9.17, 15) is 0 Å². The van der Waals surface area contributed by atoms with Crippen molar-refractivity contribution in [3.05, 3.63) is 194 Å². The molecule has 5 nitrogen and oxygen atoms in total. The van der Waals surface area contributed by atoms with Crippen molar-refractivity contribution in [3.63, 3.8) is 0 Å². The number of aromatic nitrogens is 4. The highest BCUT2D eigenvalue weighted by Gasteiger charge is 2.22. The maximum Gasteiger partial charge on any atom is 0.164 e. The van der Waals surface area contributed by atoms with Crippen LogP contribution < -0.4 is 0 Å². The van der Waals surface area contributed by atoms with Crippen LogP contribution in [0, 0.1) is 0 Å². The predicted molar refractivity (Wildman–Crippen MR) is 254 cm³/mol. The maximum atomic E-state index is 6.22. The number of furan rings is 1. The normalized spacial score (nSPS) is 11.9. The van der Waals surface area contributed by atoms with Crippen LogP contribution in [-0.2, 0) is 0 Å². The second kappa shape index (κ2) is 13.3. The summed E-state index contributed by atoms with van der Waals surface area (Å²) in [6.45, 7) is 0. The summed E-state index contributed by atoms with van der Waals surface area (Å²) in [5, 5.41) is 9.42. The van der Waals surface area contributed by atoms with E-state index in [1.165, 1.54) is 41.7 Å². The maximum absolute atomic E-state index is 6.22. The summed E-state index contributed by atoms with van der Waals surface area (Å²) in [6.07, 6.45) is 0. The van der Waals surface area contributed by atoms with Gasteiger partial charge in [-0.25, -0.2) is 15.0 Å². The molecule has 0 radical (unpaired) electrons. The van der Waals surface area contributed by atoms with Gasteiger partial charge in [-0.05, 0) is 94.7 Å². The Morgan fingerprint density at radius 3 is 1.95 bits per heavy atom. The van der Waals surface area contributed by atoms with Crippen molar-refractivity contribution in [2.75, 3.05) is 0 Å². The Morgan fingerprint density at radius 1 is 0.377 bits per heavy atom. The van der Waals surface area contributed by atoms with E-state index < -0.39 is 0 Å². The lowest BCUT2D eigenvalue weighted by molar-refractivity contribution is 0.669. The molecule has 0 amide bonds. The van der Waals surface area contributed by atoms with Crippen LogP contribution in [0.4, 0.5) is 0 Å². The van der Waals surface area contributed by atoms with Gasteiger partial charge in [-0.2, -0.15) is 0 Å². The van der Waals surface area contributed by atoms with E-state index in [0.29, 0.717) is 17.5 Å². The van der Waals surface area contributed by atoms with Gasteiger partial charge in [0, 0.05) is 64.1 Å². The van der Waals surface area contributed by atoms with Crippen molar-refractivity contribution < 1.29 is 4.42 Å². The Kier molecular flexibility index (Phi) is 7.41. The van der Waals surface area contributed by atoms with Crippen LogP contribution in [0.2, 0.25) is 0 Å². The van der Waals surface area contributed by atoms with Gasteiger partial charge in [0.15, 0.2) is 17.5 Å². The van der Waals surface area contributed by atoms with Crippen molar-refractivity contribution >= 4 is 86.0 Å². The molecule has 0 bridgehead atoms. The van der Waals surface area contributed by atoms with Gasteiger partial charge in [0.25, 0.3) is 0 Å². The molecule has 0 aliphatic carbocycles. The molecule has 0 aliphatic heterocycles. The minimum Gasteiger partial charge on any atom is -0.456 e. The molecule has 0 unspecified atom stereocenters. The molecule has 0 aliphatic rings. The predicted octanol–water partition coefficient (Wildman–Crippen LogP) is 15.1. The molecule has 0 atom stereocenters. The fraction of sp³-hybridized carbons (Fsp3) is 0. The summed E-state index contributed by atoms with van der Waals surface area (Å²) in [5.74, 6) is 1.81. The molecular weight excluding hydrogens is 765 g/mol. The number of nitrogens with zero attached hydrogens (tertiary/aromatic N) is 4.